The molecule has 0 aliphatic heterocycles. The van der Waals surface area contributed by atoms with Crippen LogP contribution in [0.5, 0.6) is 0 Å². The number of rotatable bonds is 6. The van der Waals surface area contributed by atoms with Gasteiger partial charge in [-0.05, 0) is 49.4 Å². The largest absolute Gasteiger partial charge is 0.464 e. The highest BCUT2D eigenvalue weighted by Crippen LogP contribution is 2.47. The van der Waals surface area contributed by atoms with E-state index >= 15 is 0 Å². The molecular weight excluding hydrogens is 336 g/mol. The molecule has 6 heteroatoms. The fourth-order valence-electron chi connectivity index (χ4n) is 3.23. The molecule has 2 saturated carbocycles. The Hall–Kier alpha value is -2.10. The summed E-state index contributed by atoms with van der Waals surface area (Å²) in [6.45, 7) is 2.40. The second-order valence-electron chi connectivity index (χ2n) is 7.01. The van der Waals surface area contributed by atoms with Gasteiger partial charge >= 0.3 is 0 Å². The molecule has 0 amide bonds. The first-order valence-electron chi connectivity index (χ1n) is 8.60. The molecule has 130 valence electrons. The molecule has 5 nitrogen and oxygen atoms in total. The van der Waals surface area contributed by atoms with Crippen molar-refractivity contribution < 1.29 is 12.8 Å². The van der Waals surface area contributed by atoms with Gasteiger partial charge in [0.25, 0.3) is 0 Å². The highest BCUT2D eigenvalue weighted by Gasteiger charge is 2.40. The Morgan fingerprint density at radius 2 is 1.96 bits per heavy atom. The normalized spacial score (nSPS) is 22.8. The highest BCUT2D eigenvalue weighted by atomic mass is 32.2. The summed E-state index contributed by atoms with van der Waals surface area (Å²) in [5.41, 5.74) is 0.181. The SMILES string of the molecule is CC1CC1c1ccc(CN(C2CC2)S(=O)(=O)c2ccccc2C#N)o1. The molecule has 2 atom stereocenters. The van der Waals surface area contributed by atoms with Gasteiger partial charge in [0.15, 0.2) is 0 Å². The lowest BCUT2D eigenvalue weighted by Crippen LogP contribution is -2.33. The molecule has 0 spiro atoms. The third-order valence-corrected chi connectivity index (χ3v) is 6.97. The molecule has 1 aromatic carbocycles. The van der Waals surface area contributed by atoms with Crippen molar-refractivity contribution in [3.05, 3.63) is 53.5 Å². The number of benzene rings is 1. The van der Waals surface area contributed by atoms with Crippen LogP contribution in [0.25, 0.3) is 0 Å². The van der Waals surface area contributed by atoms with Crippen molar-refractivity contribution in [2.24, 2.45) is 5.92 Å². The minimum Gasteiger partial charge on any atom is -0.464 e. The average molecular weight is 356 g/mol. The van der Waals surface area contributed by atoms with E-state index in [4.69, 9.17) is 4.42 Å². The third-order valence-electron chi connectivity index (χ3n) is 5.02. The van der Waals surface area contributed by atoms with E-state index in [0.29, 0.717) is 17.6 Å². The minimum absolute atomic E-state index is 0.00912. The van der Waals surface area contributed by atoms with Crippen LogP contribution in [0.3, 0.4) is 0 Å². The predicted octanol–water partition coefficient (Wildman–Crippen LogP) is 3.63. The lowest BCUT2D eigenvalue weighted by molar-refractivity contribution is 0.347. The van der Waals surface area contributed by atoms with E-state index in [1.54, 1.807) is 12.1 Å². The van der Waals surface area contributed by atoms with Gasteiger partial charge in [-0.3, -0.25) is 0 Å². The minimum atomic E-state index is -3.73. The van der Waals surface area contributed by atoms with Crippen LogP contribution >= 0.6 is 0 Å². The van der Waals surface area contributed by atoms with Crippen LogP contribution < -0.4 is 0 Å². The van der Waals surface area contributed by atoms with E-state index in [9.17, 15) is 13.7 Å². The first-order chi connectivity index (χ1) is 12.0. The van der Waals surface area contributed by atoms with Crippen molar-refractivity contribution in [3.8, 4) is 6.07 Å². The topological polar surface area (TPSA) is 74.3 Å². The summed E-state index contributed by atoms with van der Waals surface area (Å²) in [6.07, 6.45) is 2.83. The quantitative estimate of drug-likeness (QED) is 0.792. The Morgan fingerprint density at radius 1 is 1.24 bits per heavy atom. The number of nitriles is 1. The average Bonchev–Trinajstić information content (AvgIpc) is 3.53. The van der Waals surface area contributed by atoms with Gasteiger partial charge in [-0.25, -0.2) is 8.42 Å². The zero-order chi connectivity index (χ0) is 17.6. The van der Waals surface area contributed by atoms with Crippen LogP contribution in [-0.2, 0) is 16.6 Å². The molecule has 0 radical (unpaired) electrons. The molecule has 4 rings (SSSR count). The lowest BCUT2D eigenvalue weighted by atomic mass is 10.2. The van der Waals surface area contributed by atoms with Gasteiger partial charge in [0, 0.05) is 12.0 Å². The molecule has 2 unspecified atom stereocenters. The number of hydrogen-bond donors (Lipinski definition) is 0. The summed E-state index contributed by atoms with van der Waals surface area (Å²) in [5, 5.41) is 9.25. The van der Waals surface area contributed by atoms with Crippen molar-refractivity contribution in [2.75, 3.05) is 0 Å². The van der Waals surface area contributed by atoms with E-state index in [2.05, 4.69) is 6.92 Å². The van der Waals surface area contributed by atoms with Gasteiger partial charge in [-0.15, -0.1) is 0 Å². The van der Waals surface area contributed by atoms with E-state index in [1.165, 1.54) is 16.4 Å². The van der Waals surface area contributed by atoms with Gasteiger partial charge in [-0.1, -0.05) is 19.1 Å². The maximum absolute atomic E-state index is 13.1. The fraction of sp³-hybridized carbons (Fsp3) is 0.421. The van der Waals surface area contributed by atoms with Crippen LogP contribution in [0.1, 0.15) is 49.2 Å². The molecule has 2 aromatic rings. The standard InChI is InChI=1S/C19H20N2O3S/c1-13-10-17(13)18-9-8-16(24-18)12-21(15-6-7-15)25(22,23)19-5-3-2-4-14(19)11-20/h2-5,8-9,13,15,17H,6-7,10,12H2,1H3. The molecule has 25 heavy (non-hydrogen) atoms. The first-order valence-corrected chi connectivity index (χ1v) is 10.0. The van der Waals surface area contributed by atoms with Gasteiger partial charge < -0.3 is 4.42 Å². The number of hydrogen-bond acceptors (Lipinski definition) is 4. The summed E-state index contributed by atoms with van der Waals surface area (Å²) in [4.78, 5) is 0.0759. The molecular formula is C19H20N2O3S. The third kappa shape index (κ3) is 3.10. The first kappa shape index (κ1) is 16.4. The van der Waals surface area contributed by atoms with Gasteiger partial charge in [0.1, 0.15) is 17.6 Å². The van der Waals surface area contributed by atoms with Crippen LogP contribution in [-0.4, -0.2) is 18.8 Å². The number of furan rings is 1. The van der Waals surface area contributed by atoms with Crippen molar-refractivity contribution in [1.29, 1.82) is 5.26 Å². The zero-order valence-electron chi connectivity index (χ0n) is 14.1. The molecule has 1 aromatic heterocycles. The van der Waals surface area contributed by atoms with E-state index < -0.39 is 10.0 Å². The Bertz CT molecular complexity index is 938. The molecule has 1 heterocycles. The summed E-state index contributed by atoms with van der Waals surface area (Å²) >= 11 is 0. The predicted molar refractivity (Wildman–Crippen MR) is 92.1 cm³/mol. The Balaban J connectivity index is 1.63. The second-order valence-corrected chi connectivity index (χ2v) is 8.87. The van der Waals surface area contributed by atoms with Crippen LogP contribution in [0.4, 0.5) is 0 Å². The van der Waals surface area contributed by atoms with Crippen LogP contribution in [0, 0.1) is 17.2 Å². The van der Waals surface area contributed by atoms with E-state index in [-0.39, 0.29) is 23.0 Å². The van der Waals surface area contributed by atoms with Crippen molar-refractivity contribution in [1.82, 2.24) is 4.31 Å². The molecule has 0 bridgehead atoms. The van der Waals surface area contributed by atoms with Crippen molar-refractivity contribution >= 4 is 10.0 Å². The van der Waals surface area contributed by atoms with Crippen molar-refractivity contribution in [3.63, 3.8) is 0 Å². The van der Waals surface area contributed by atoms with Crippen LogP contribution in [0.2, 0.25) is 0 Å². The Morgan fingerprint density at radius 3 is 2.60 bits per heavy atom. The summed E-state index contributed by atoms with van der Waals surface area (Å²) in [5.74, 6) is 2.73. The molecule has 0 N–H and O–H groups in total. The van der Waals surface area contributed by atoms with Gasteiger partial charge in [0.2, 0.25) is 10.0 Å². The van der Waals surface area contributed by atoms with Gasteiger partial charge in [-0.2, -0.15) is 9.57 Å². The van der Waals surface area contributed by atoms with Crippen molar-refractivity contribution in [2.45, 2.75) is 49.6 Å². The molecule has 2 aliphatic carbocycles. The second kappa shape index (κ2) is 6.01. The maximum atomic E-state index is 13.1. The monoisotopic (exact) mass is 356 g/mol. The summed E-state index contributed by atoms with van der Waals surface area (Å²) in [7, 11) is -3.73. The molecule has 2 aliphatic rings. The lowest BCUT2D eigenvalue weighted by Gasteiger charge is -2.21. The number of nitrogens with zero attached hydrogens (tertiary/aromatic N) is 2. The van der Waals surface area contributed by atoms with E-state index in [1.807, 2.05) is 18.2 Å². The summed E-state index contributed by atoms with van der Waals surface area (Å²) in [6, 6.07) is 12.2. The van der Waals surface area contributed by atoms with E-state index in [0.717, 1.165) is 25.0 Å². The zero-order valence-corrected chi connectivity index (χ0v) is 14.9. The maximum Gasteiger partial charge on any atom is 0.245 e. The summed E-state index contributed by atoms with van der Waals surface area (Å²) < 4.78 is 33.7. The Kier molecular flexibility index (Phi) is 3.94. The number of sulfonamides is 1. The molecule has 2 fully saturated rings. The fourth-order valence-corrected chi connectivity index (χ4v) is 5.03. The highest BCUT2D eigenvalue weighted by molar-refractivity contribution is 7.89. The smallest absolute Gasteiger partial charge is 0.245 e. The van der Waals surface area contributed by atoms with Crippen LogP contribution in [0.15, 0.2) is 45.7 Å². The Labute approximate surface area is 147 Å². The van der Waals surface area contributed by atoms with Gasteiger partial charge in [0.05, 0.1) is 17.0 Å². The molecule has 0 saturated heterocycles.